The molecule has 178 valence electrons. The van der Waals surface area contributed by atoms with Crippen molar-refractivity contribution in [3.63, 3.8) is 0 Å². The first-order valence-corrected chi connectivity index (χ1v) is 13.0. The lowest BCUT2D eigenvalue weighted by Crippen LogP contribution is -2.65. The summed E-state index contributed by atoms with van der Waals surface area (Å²) < 4.78 is 11.0. The van der Waals surface area contributed by atoms with Crippen LogP contribution in [0.25, 0.3) is 0 Å². The minimum atomic E-state index is -0.737. The van der Waals surface area contributed by atoms with Gasteiger partial charge < -0.3 is 19.5 Å². The predicted octanol–water partition coefficient (Wildman–Crippen LogP) is 4.63. The molecule has 0 amide bonds. The van der Waals surface area contributed by atoms with Gasteiger partial charge in [-0.25, -0.2) is 0 Å². The van der Waals surface area contributed by atoms with Crippen molar-refractivity contribution in [1.82, 2.24) is 4.90 Å². The molecule has 2 aliphatic carbocycles. The fourth-order valence-electron chi connectivity index (χ4n) is 6.41. The molecule has 2 unspecified atom stereocenters. The van der Waals surface area contributed by atoms with Crippen molar-refractivity contribution >= 4 is 25.3 Å². The van der Waals surface area contributed by atoms with Gasteiger partial charge in [0.15, 0.2) is 11.5 Å². The van der Waals surface area contributed by atoms with Crippen LogP contribution < -0.4 is 9.47 Å². The molecule has 1 heterocycles. The number of rotatable bonds is 5. The molecule has 33 heavy (non-hydrogen) atoms. The Balaban J connectivity index is 1.41. The Bertz CT molecular complexity index is 1000. The van der Waals surface area contributed by atoms with E-state index in [9.17, 15) is 5.11 Å². The van der Waals surface area contributed by atoms with Crippen LogP contribution in [0.1, 0.15) is 48.8 Å². The third-order valence-electron chi connectivity index (χ3n) is 8.58. The number of likely N-dealkylation sites (tertiary alicyclic amines) is 1. The van der Waals surface area contributed by atoms with E-state index in [0.29, 0.717) is 0 Å². The summed E-state index contributed by atoms with van der Waals surface area (Å²) in [6, 6.07) is 14.5. The van der Waals surface area contributed by atoms with Gasteiger partial charge in [0.05, 0.1) is 19.8 Å². The zero-order chi connectivity index (χ0) is 23.3. The van der Waals surface area contributed by atoms with Crippen LogP contribution in [0.3, 0.4) is 0 Å². The monoisotopic (exact) mass is 485 g/mol. The van der Waals surface area contributed by atoms with Crippen LogP contribution in [0.4, 0.5) is 0 Å². The smallest absolute Gasteiger partial charge is 0.161 e. The van der Waals surface area contributed by atoms with E-state index in [-0.39, 0.29) is 15.4 Å². The summed E-state index contributed by atoms with van der Waals surface area (Å²) in [5, 5.41) is 11.4. The van der Waals surface area contributed by atoms with Crippen molar-refractivity contribution in [2.75, 3.05) is 33.9 Å². The first-order chi connectivity index (χ1) is 15.8. The summed E-state index contributed by atoms with van der Waals surface area (Å²) in [7, 11) is 3.40. The van der Waals surface area contributed by atoms with Crippen molar-refractivity contribution in [1.29, 1.82) is 0 Å². The van der Waals surface area contributed by atoms with E-state index < -0.39 is 5.60 Å². The number of hydrogen-bond acceptors (Lipinski definition) is 6. The summed E-state index contributed by atoms with van der Waals surface area (Å²) >= 11 is 10.6. The second-order valence-corrected chi connectivity index (χ2v) is 11.5. The number of fused-ring (bicyclic) bond motifs is 2. The molecule has 4 nitrogen and oxygen atoms in total. The average molecular weight is 486 g/mol. The van der Waals surface area contributed by atoms with Gasteiger partial charge in [-0.15, -0.1) is 0 Å². The normalized spacial score (nSPS) is 28.1. The SMILES string of the molecule is COc1cc2c(cc1OC)C1(CCC1)C(S)(CN1CCC(O)(c3ccccc3)CC1)C(S)C2. The number of nitrogens with zero attached hydrogens (tertiary/aromatic N) is 1. The molecule has 0 radical (unpaired) electrons. The van der Waals surface area contributed by atoms with Crippen LogP contribution in [0.2, 0.25) is 0 Å². The van der Waals surface area contributed by atoms with Crippen molar-refractivity contribution in [3.8, 4) is 11.5 Å². The molecule has 2 aromatic carbocycles. The fraction of sp³-hybridized carbons (Fsp3) is 0.556. The van der Waals surface area contributed by atoms with Gasteiger partial charge in [0.2, 0.25) is 0 Å². The Morgan fingerprint density at radius 3 is 2.21 bits per heavy atom. The van der Waals surface area contributed by atoms with Crippen LogP contribution in [0.15, 0.2) is 42.5 Å². The van der Waals surface area contributed by atoms with Crippen LogP contribution in [0.5, 0.6) is 11.5 Å². The Morgan fingerprint density at radius 1 is 1.00 bits per heavy atom. The zero-order valence-corrected chi connectivity index (χ0v) is 21.4. The highest BCUT2D eigenvalue weighted by molar-refractivity contribution is 7.86. The molecule has 6 heteroatoms. The molecule has 1 N–H and O–H groups in total. The average Bonchev–Trinajstić information content (AvgIpc) is 2.80. The lowest BCUT2D eigenvalue weighted by atomic mass is 9.52. The Morgan fingerprint density at radius 2 is 1.64 bits per heavy atom. The lowest BCUT2D eigenvalue weighted by molar-refractivity contribution is -0.0318. The van der Waals surface area contributed by atoms with E-state index >= 15 is 0 Å². The third kappa shape index (κ3) is 3.69. The predicted molar refractivity (Wildman–Crippen MR) is 139 cm³/mol. The molecule has 2 fully saturated rings. The van der Waals surface area contributed by atoms with Crippen LogP contribution in [-0.2, 0) is 17.4 Å². The molecule has 5 rings (SSSR count). The largest absolute Gasteiger partial charge is 0.493 e. The second kappa shape index (κ2) is 8.71. The van der Waals surface area contributed by atoms with Gasteiger partial charge in [-0.05, 0) is 60.9 Å². The molecule has 3 aliphatic rings. The summed E-state index contributed by atoms with van der Waals surface area (Å²) in [5.41, 5.74) is 2.96. The van der Waals surface area contributed by atoms with Gasteiger partial charge in [-0.1, -0.05) is 36.8 Å². The number of piperidine rings is 1. The highest BCUT2D eigenvalue weighted by atomic mass is 32.1. The van der Waals surface area contributed by atoms with Crippen LogP contribution in [-0.4, -0.2) is 53.9 Å². The highest BCUT2D eigenvalue weighted by Crippen LogP contribution is 2.61. The number of hydrogen-bond donors (Lipinski definition) is 3. The van der Waals surface area contributed by atoms with Crippen molar-refractivity contribution in [3.05, 3.63) is 59.2 Å². The molecule has 1 saturated carbocycles. The first-order valence-electron chi connectivity index (χ1n) is 12.0. The molecule has 0 bridgehead atoms. The van der Waals surface area contributed by atoms with Crippen LogP contribution >= 0.6 is 25.3 Å². The van der Waals surface area contributed by atoms with Crippen LogP contribution in [0, 0.1) is 0 Å². The number of benzene rings is 2. The standard InChI is InChI=1S/C27H35NO3S2/c1-30-22-15-19-16-24(32)27(33,25(9-6-10-25)21(19)17-23(22)31-2)18-28-13-11-26(29,12-14-28)20-7-4-3-5-8-20/h3-5,7-8,15,17,24,29,32-33H,6,9-14,16,18H2,1-2H3. The maximum absolute atomic E-state index is 11.3. The summed E-state index contributed by atoms with van der Waals surface area (Å²) in [6.45, 7) is 2.61. The maximum Gasteiger partial charge on any atom is 0.161 e. The van der Waals surface area contributed by atoms with Crippen molar-refractivity contribution in [2.45, 2.75) is 59.5 Å². The number of methoxy groups -OCH3 is 2. The topological polar surface area (TPSA) is 41.9 Å². The number of ether oxygens (including phenoxy) is 2. The van der Waals surface area contributed by atoms with Crippen molar-refractivity contribution in [2.24, 2.45) is 0 Å². The minimum absolute atomic E-state index is 0.0111. The lowest BCUT2D eigenvalue weighted by Gasteiger charge is -2.61. The molecule has 1 aliphatic heterocycles. The number of aliphatic hydroxyl groups is 1. The Kier molecular flexibility index (Phi) is 6.17. The third-order valence-corrected chi connectivity index (χ3v) is 10.3. The van der Waals surface area contributed by atoms with E-state index in [2.05, 4.69) is 17.0 Å². The zero-order valence-electron chi connectivity index (χ0n) is 19.6. The molecule has 1 spiro atoms. The quantitative estimate of drug-likeness (QED) is 0.540. The molecular formula is C27H35NO3S2. The van der Waals surface area contributed by atoms with E-state index in [4.69, 9.17) is 34.7 Å². The Hall–Kier alpha value is -1.34. The van der Waals surface area contributed by atoms with E-state index in [1.165, 1.54) is 17.5 Å². The molecule has 0 aromatic heterocycles. The summed E-state index contributed by atoms with van der Waals surface area (Å²) in [5.74, 6) is 1.58. The van der Waals surface area contributed by atoms with Gasteiger partial charge in [-0.3, -0.25) is 0 Å². The molecule has 2 atom stereocenters. The van der Waals surface area contributed by atoms with E-state index in [0.717, 1.165) is 68.8 Å². The highest BCUT2D eigenvalue weighted by Gasteiger charge is 2.60. The molecular weight excluding hydrogens is 450 g/mol. The fourth-order valence-corrected chi connectivity index (χ4v) is 7.57. The van der Waals surface area contributed by atoms with Gasteiger partial charge >= 0.3 is 0 Å². The van der Waals surface area contributed by atoms with Gasteiger partial charge in [0.1, 0.15) is 0 Å². The van der Waals surface area contributed by atoms with E-state index in [1.807, 2.05) is 30.3 Å². The summed E-state index contributed by atoms with van der Waals surface area (Å²) in [4.78, 5) is 2.50. The first kappa shape index (κ1) is 23.4. The van der Waals surface area contributed by atoms with Crippen molar-refractivity contribution < 1.29 is 14.6 Å². The minimum Gasteiger partial charge on any atom is -0.493 e. The van der Waals surface area contributed by atoms with Gasteiger partial charge in [0, 0.05) is 35.0 Å². The van der Waals surface area contributed by atoms with Gasteiger partial charge in [-0.2, -0.15) is 25.3 Å². The molecule has 2 aromatic rings. The maximum atomic E-state index is 11.3. The second-order valence-electron chi connectivity index (χ2n) is 10.1. The van der Waals surface area contributed by atoms with E-state index in [1.54, 1.807) is 14.2 Å². The summed E-state index contributed by atoms with van der Waals surface area (Å²) in [6.07, 6.45) is 5.81. The Labute approximate surface area is 208 Å². The number of thiol groups is 2. The van der Waals surface area contributed by atoms with Gasteiger partial charge in [0.25, 0.3) is 0 Å². The molecule has 1 saturated heterocycles.